The molecule has 6 nitrogen and oxygen atoms in total. The minimum atomic E-state index is 0.00874. The van der Waals surface area contributed by atoms with Crippen LogP contribution in [0.15, 0.2) is 55.5 Å². The largest absolute Gasteiger partial charge is 0.348 e. The number of fused-ring (bicyclic) bond motifs is 1. The van der Waals surface area contributed by atoms with Crippen molar-refractivity contribution >= 4 is 34.1 Å². The quantitative estimate of drug-likeness (QED) is 0.389. The van der Waals surface area contributed by atoms with Gasteiger partial charge < -0.3 is 9.80 Å². The normalized spacial score (nSPS) is 19.7. The molecule has 4 heterocycles. The Kier molecular flexibility index (Phi) is 6.95. The molecule has 37 heavy (non-hydrogen) atoms. The molecule has 7 heteroatoms. The van der Waals surface area contributed by atoms with Crippen LogP contribution in [0.25, 0.3) is 16.6 Å². The number of H-pyrrole nitrogens is 1. The molecular formula is C30H34ClN5O. The first-order chi connectivity index (χ1) is 17.8. The van der Waals surface area contributed by atoms with Gasteiger partial charge in [0.25, 0.3) is 0 Å². The first-order valence-electron chi connectivity index (χ1n) is 12.9. The second-order valence-corrected chi connectivity index (χ2v) is 10.9. The molecule has 5 rings (SSSR count). The number of aryl methyl sites for hydroxylation is 2. The van der Waals surface area contributed by atoms with Crippen LogP contribution in [0.4, 0.5) is 0 Å². The van der Waals surface area contributed by atoms with Gasteiger partial charge in [0.05, 0.1) is 16.7 Å². The van der Waals surface area contributed by atoms with Crippen LogP contribution in [0.1, 0.15) is 60.1 Å². The molecule has 0 spiro atoms. The van der Waals surface area contributed by atoms with Crippen LogP contribution in [0.2, 0.25) is 5.02 Å². The number of likely N-dealkylation sites (tertiary alicyclic amines) is 1. The molecule has 1 N–H and O–H groups in total. The maximum atomic E-state index is 12.2. The number of amides is 1. The van der Waals surface area contributed by atoms with Crippen molar-refractivity contribution in [1.29, 1.82) is 0 Å². The van der Waals surface area contributed by atoms with E-state index in [1.165, 1.54) is 17.2 Å². The van der Waals surface area contributed by atoms with E-state index < -0.39 is 0 Å². The Morgan fingerprint density at radius 1 is 1.32 bits per heavy atom. The molecular weight excluding hydrogens is 482 g/mol. The van der Waals surface area contributed by atoms with Crippen LogP contribution in [-0.2, 0) is 4.79 Å². The van der Waals surface area contributed by atoms with Crippen molar-refractivity contribution in [1.82, 2.24) is 25.0 Å². The molecule has 1 aromatic carbocycles. The highest BCUT2D eigenvalue weighted by Crippen LogP contribution is 2.40. The zero-order chi connectivity index (χ0) is 26.3. The van der Waals surface area contributed by atoms with Crippen molar-refractivity contribution in [2.75, 3.05) is 19.6 Å². The number of halogens is 1. The summed E-state index contributed by atoms with van der Waals surface area (Å²) in [5, 5.41) is 9.07. The van der Waals surface area contributed by atoms with Gasteiger partial charge in [-0.3, -0.25) is 14.9 Å². The molecule has 1 saturated heterocycles. The standard InChI is InChI=1S/C30H34ClN5O/c1-6-26(37)36-11-8-21(17-36)16-35-12-9-22(27-19(4)7-10-32-29(27)18(2)3)14-25(35)28-20(5)13-24(31)30-23(28)15-33-34-30/h6-7,9-10,12-15,18,21-22H,1,8,11,16-17H2,2-5H3,(H,33,34). The van der Waals surface area contributed by atoms with Gasteiger partial charge in [-0.15, -0.1) is 0 Å². The van der Waals surface area contributed by atoms with Gasteiger partial charge in [0, 0.05) is 60.3 Å². The number of hydrogen-bond donors (Lipinski definition) is 1. The van der Waals surface area contributed by atoms with E-state index in [0.717, 1.165) is 59.5 Å². The van der Waals surface area contributed by atoms with Crippen LogP contribution in [0.3, 0.4) is 0 Å². The highest BCUT2D eigenvalue weighted by atomic mass is 35.5. The average molecular weight is 516 g/mol. The number of allylic oxidation sites excluding steroid dienone is 2. The number of benzene rings is 1. The molecule has 0 bridgehead atoms. The molecule has 2 unspecified atom stereocenters. The third-order valence-electron chi connectivity index (χ3n) is 7.61. The smallest absolute Gasteiger partial charge is 0.245 e. The van der Waals surface area contributed by atoms with E-state index >= 15 is 0 Å². The molecule has 0 radical (unpaired) electrons. The van der Waals surface area contributed by atoms with Gasteiger partial charge in [-0.2, -0.15) is 5.10 Å². The summed E-state index contributed by atoms with van der Waals surface area (Å²) in [6.07, 6.45) is 13.0. The third-order valence-corrected chi connectivity index (χ3v) is 7.91. The number of aromatic amines is 1. The number of nitrogens with one attached hydrogen (secondary N) is 1. The van der Waals surface area contributed by atoms with Crippen molar-refractivity contribution in [3.8, 4) is 0 Å². The molecule has 2 aliphatic rings. The van der Waals surface area contributed by atoms with Gasteiger partial charge in [-0.1, -0.05) is 38.1 Å². The average Bonchev–Trinajstić information content (AvgIpc) is 3.55. The molecule has 2 aromatic heterocycles. The van der Waals surface area contributed by atoms with Gasteiger partial charge >= 0.3 is 0 Å². The van der Waals surface area contributed by atoms with Gasteiger partial charge in [0.2, 0.25) is 5.91 Å². The maximum absolute atomic E-state index is 12.2. The topological polar surface area (TPSA) is 65.1 Å². The first kappa shape index (κ1) is 25.3. The van der Waals surface area contributed by atoms with E-state index in [4.69, 9.17) is 16.6 Å². The predicted octanol–water partition coefficient (Wildman–Crippen LogP) is 6.34. The number of pyridine rings is 1. The molecule has 2 atom stereocenters. The Balaban J connectivity index is 1.59. The molecule has 1 amide bonds. The summed E-state index contributed by atoms with van der Waals surface area (Å²) < 4.78 is 0. The molecule has 192 valence electrons. The van der Waals surface area contributed by atoms with Crippen LogP contribution in [-0.4, -0.2) is 50.5 Å². The van der Waals surface area contributed by atoms with Gasteiger partial charge in [0.15, 0.2) is 0 Å². The van der Waals surface area contributed by atoms with Crippen molar-refractivity contribution in [3.05, 3.63) is 88.5 Å². The van der Waals surface area contributed by atoms with E-state index in [2.05, 4.69) is 73.8 Å². The van der Waals surface area contributed by atoms with Crippen LogP contribution >= 0.6 is 11.6 Å². The number of carbonyl (C=O) groups is 1. The molecule has 2 aliphatic heterocycles. The van der Waals surface area contributed by atoms with E-state index in [0.29, 0.717) is 16.9 Å². The Labute approximate surface area is 223 Å². The summed E-state index contributed by atoms with van der Waals surface area (Å²) in [4.78, 5) is 21.2. The van der Waals surface area contributed by atoms with Crippen molar-refractivity contribution < 1.29 is 4.79 Å². The zero-order valence-corrected chi connectivity index (χ0v) is 22.7. The van der Waals surface area contributed by atoms with Gasteiger partial charge in [-0.25, -0.2) is 0 Å². The summed E-state index contributed by atoms with van der Waals surface area (Å²) in [5.74, 6) is 0.793. The second kappa shape index (κ2) is 10.2. The van der Waals surface area contributed by atoms with Crippen LogP contribution in [0.5, 0.6) is 0 Å². The first-order valence-corrected chi connectivity index (χ1v) is 13.3. The minimum absolute atomic E-state index is 0.00874. The highest BCUT2D eigenvalue weighted by Gasteiger charge is 2.30. The van der Waals surface area contributed by atoms with E-state index in [1.807, 2.05) is 23.4 Å². The lowest BCUT2D eigenvalue weighted by Gasteiger charge is -2.33. The Morgan fingerprint density at radius 2 is 2.14 bits per heavy atom. The number of nitrogens with zero attached hydrogens (tertiary/aromatic N) is 4. The minimum Gasteiger partial charge on any atom is -0.348 e. The fourth-order valence-corrected chi connectivity index (χ4v) is 6.09. The van der Waals surface area contributed by atoms with Crippen LogP contribution < -0.4 is 0 Å². The summed E-state index contributed by atoms with van der Waals surface area (Å²) >= 11 is 6.58. The van der Waals surface area contributed by atoms with E-state index in [-0.39, 0.29) is 11.8 Å². The summed E-state index contributed by atoms with van der Waals surface area (Å²) in [7, 11) is 0. The van der Waals surface area contributed by atoms with Crippen molar-refractivity contribution in [3.63, 3.8) is 0 Å². The van der Waals surface area contributed by atoms with Crippen LogP contribution in [0, 0.1) is 19.8 Å². The lowest BCUT2D eigenvalue weighted by molar-refractivity contribution is -0.125. The number of rotatable bonds is 6. The fraction of sp³-hybridized carbons (Fsp3) is 0.367. The molecule has 0 saturated carbocycles. The molecule has 1 fully saturated rings. The van der Waals surface area contributed by atoms with E-state index in [1.54, 1.807) is 0 Å². The lowest BCUT2D eigenvalue weighted by Crippen LogP contribution is -2.31. The Hall–Kier alpha value is -3.38. The maximum Gasteiger partial charge on any atom is 0.245 e. The lowest BCUT2D eigenvalue weighted by atomic mass is 9.86. The number of hydrogen-bond acceptors (Lipinski definition) is 4. The van der Waals surface area contributed by atoms with Crippen molar-refractivity contribution in [2.45, 2.75) is 46.0 Å². The third kappa shape index (κ3) is 4.71. The number of aromatic nitrogens is 3. The molecule has 0 aliphatic carbocycles. The zero-order valence-electron chi connectivity index (χ0n) is 22.0. The number of carbonyl (C=O) groups excluding carboxylic acids is 1. The SMILES string of the molecule is C=CC(=O)N1CCC(CN2C=CC(c3c(C)ccnc3C(C)C)C=C2c2c(C)cc(Cl)c3[nH]ncc23)C1. The highest BCUT2D eigenvalue weighted by molar-refractivity contribution is 6.35. The van der Waals surface area contributed by atoms with Gasteiger partial charge in [-0.05, 0) is 73.1 Å². The summed E-state index contributed by atoms with van der Waals surface area (Å²) in [6.45, 7) is 14.7. The van der Waals surface area contributed by atoms with Gasteiger partial charge in [0.1, 0.15) is 0 Å². The predicted molar refractivity (Wildman–Crippen MR) is 150 cm³/mol. The summed E-state index contributed by atoms with van der Waals surface area (Å²) in [6, 6.07) is 4.11. The summed E-state index contributed by atoms with van der Waals surface area (Å²) in [5.41, 5.74) is 7.86. The second-order valence-electron chi connectivity index (χ2n) is 10.5. The monoisotopic (exact) mass is 515 g/mol. The Bertz CT molecular complexity index is 1420. The van der Waals surface area contributed by atoms with E-state index in [9.17, 15) is 4.79 Å². The van der Waals surface area contributed by atoms with Crippen molar-refractivity contribution in [2.24, 2.45) is 5.92 Å². The fourth-order valence-electron chi connectivity index (χ4n) is 5.78. The molecule has 3 aromatic rings. The Morgan fingerprint density at radius 3 is 2.89 bits per heavy atom.